The minimum atomic E-state index is -0.464. The van der Waals surface area contributed by atoms with Crippen molar-refractivity contribution in [3.63, 3.8) is 0 Å². The third-order valence-electron chi connectivity index (χ3n) is 3.85. The lowest BCUT2D eigenvalue weighted by Crippen LogP contribution is -2.35. The summed E-state index contributed by atoms with van der Waals surface area (Å²) in [4.78, 5) is 35.1. The highest BCUT2D eigenvalue weighted by molar-refractivity contribution is 9.10. The lowest BCUT2D eigenvalue weighted by molar-refractivity contribution is -0.125. The molecule has 0 atom stereocenters. The highest BCUT2D eigenvalue weighted by Gasteiger charge is 2.08. The molecule has 0 bridgehead atoms. The molecule has 3 aromatic rings. The van der Waals surface area contributed by atoms with Gasteiger partial charge in [0.05, 0.1) is 6.54 Å². The predicted molar refractivity (Wildman–Crippen MR) is 108 cm³/mol. The zero-order valence-electron chi connectivity index (χ0n) is 15.0. The quantitative estimate of drug-likeness (QED) is 0.569. The number of carbonyl (C=O) groups excluding carboxylic acids is 2. The Morgan fingerprint density at radius 2 is 1.86 bits per heavy atom. The second-order valence-corrected chi connectivity index (χ2v) is 6.89. The summed E-state index contributed by atoms with van der Waals surface area (Å²) in [5.74, 6) is -0.411. The first kappa shape index (κ1) is 19.6. The summed E-state index contributed by atoms with van der Waals surface area (Å²) >= 11 is 3.39. The van der Waals surface area contributed by atoms with Crippen molar-refractivity contribution in [2.75, 3.05) is 18.5 Å². The lowest BCUT2D eigenvalue weighted by atomic mass is 10.2. The van der Waals surface area contributed by atoms with E-state index in [0.29, 0.717) is 17.0 Å². The fourth-order valence-electron chi connectivity index (χ4n) is 2.44. The van der Waals surface area contributed by atoms with Crippen molar-refractivity contribution in [2.24, 2.45) is 0 Å². The van der Waals surface area contributed by atoms with Crippen LogP contribution in [0.5, 0.6) is 5.75 Å². The molecule has 2 aromatic carbocycles. The second kappa shape index (κ2) is 8.71. The third-order valence-corrected chi connectivity index (χ3v) is 4.74. The molecule has 0 radical (unpaired) electrons. The number of nitrogens with one attached hydrogen (secondary N) is 2. The predicted octanol–water partition coefficient (Wildman–Crippen LogP) is 3.00. The van der Waals surface area contributed by atoms with Crippen LogP contribution in [-0.4, -0.2) is 25.0 Å². The second-order valence-electron chi connectivity index (χ2n) is 6.03. The number of halogens is 1. The first-order valence-corrected chi connectivity index (χ1v) is 9.19. The van der Waals surface area contributed by atoms with Crippen LogP contribution in [0.3, 0.4) is 0 Å². The van der Waals surface area contributed by atoms with Gasteiger partial charge in [-0.05, 0) is 48.9 Å². The number of aryl methyl sites for hydroxylation is 1. The Balaban J connectivity index is 1.48. The van der Waals surface area contributed by atoms with E-state index in [1.165, 1.54) is 12.1 Å². The number of rotatable bonds is 6. The van der Waals surface area contributed by atoms with Crippen LogP contribution in [0.15, 0.2) is 62.2 Å². The van der Waals surface area contributed by atoms with E-state index in [-0.39, 0.29) is 19.1 Å². The zero-order chi connectivity index (χ0) is 20.1. The molecule has 0 fully saturated rings. The fraction of sp³-hybridized carbons (Fsp3) is 0.150. The van der Waals surface area contributed by atoms with Gasteiger partial charge in [0.25, 0.3) is 5.91 Å². The van der Waals surface area contributed by atoms with Crippen molar-refractivity contribution in [2.45, 2.75) is 6.92 Å². The normalized spacial score (nSPS) is 10.5. The average molecular weight is 445 g/mol. The minimum absolute atomic E-state index is 0.177. The Bertz CT molecular complexity index is 1090. The van der Waals surface area contributed by atoms with E-state index in [0.717, 1.165) is 15.4 Å². The smallest absolute Gasteiger partial charge is 0.336 e. The van der Waals surface area contributed by atoms with Crippen LogP contribution in [0.25, 0.3) is 11.0 Å². The van der Waals surface area contributed by atoms with Gasteiger partial charge < -0.3 is 19.8 Å². The molecule has 0 saturated carbocycles. The van der Waals surface area contributed by atoms with Crippen molar-refractivity contribution in [3.8, 4) is 5.75 Å². The molecule has 1 heterocycles. The van der Waals surface area contributed by atoms with Crippen LogP contribution in [0, 0.1) is 6.92 Å². The fourth-order valence-corrected chi connectivity index (χ4v) is 2.68. The molecule has 8 heteroatoms. The van der Waals surface area contributed by atoms with E-state index >= 15 is 0 Å². The summed E-state index contributed by atoms with van der Waals surface area (Å²) in [7, 11) is 0. The molecule has 0 aliphatic carbocycles. The highest BCUT2D eigenvalue weighted by atomic mass is 79.9. The minimum Gasteiger partial charge on any atom is -0.484 e. The maximum absolute atomic E-state index is 11.9. The standard InChI is InChI=1S/C20H17BrN2O5/c1-12-8-14(4-6-16(12)21)23-18(24)10-22-19(25)11-27-15-5-2-13-3-7-20(26)28-17(13)9-15/h2-9H,10-11H2,1H3,(H,22,25)(H,23,24). The van der Waals surface area contributed by atoms with Gasteiger partial charge in [-0.2, -0.15) is 0 Å². The summed E-state index contributed by atoms with van der Waals surface area (Å²) in [6.07, 6.45) is 0. The van der Waals surface area contributed by atoms with Crippen LogP contribution in [-0.2, 0) is 9.59 Å². The zero-order valence-corrected chi connectivity index (χ0v) is 16.5. The van der Waals surface area contributed by atoms with Crippen LogP contribution >= 0.6 is 15.9 Å². The van der Waals surface area contributed by atoms with Gasteiger partial charge in [0, 0.05) is 27.7 Å². The number of carbonyl (C=O) groups is 2. The molecule has 28 heavy (non-hydrogen) atoms. The topological polar surface area (TPSA) is 97.6 Å². The highest BCUT2D eigenvalue weighted by Crippen LogP contribution is 2.20. The number of benzene rings is 2. The van der Waals surface area contributed by atoms with Gasteiger partial charge in [0.1, 0.15) is 11.3 Å². The molecule has 7 nitrogen and oxygen atoms in total. The molecule has 0 aliphatic rings. The van der Waals surface area contributed by atoms with E-state index in [4.69, 9.17) is 9.15 Å². The van der Waals surface area contributed by atoms with Crippen LogP contribution in [0.4, 0.5) is 5.69 Å². The Morgan fingerprint density at radius 1 is 1.07 bits per heavy atom. The first-order valence-electron chi connectivity index (χ1n) is 8.40. The molecule has 144 valence electrons. The van der Waals surface area contributed by atoms with E-state index < -0.39 is 11.5 Å². The summed E-state index contributed by atoms with van der Waals surface area (Å²) in [5, 5.41) is 5.94. The molecular formula is C20H17BrN2O5. The molecule has 1 aromatic heterocycles. The summed E-state index contributed by atoms with van der Waals surface area (Å²) in [6, 6.07) is 13.3. The number of anilines is 1. The van der Waals surface area contributed by atoms with Gasteiger partial charge in [-0.3, -0.25) is 9.59 Å². The molecule has 3 rings (SSSR count). The molecular weight excluding hydrogens is 428 g/mol. The molecule has 2 N–H and O–H groups in total. The summed E-state index contributed by atoms with van der Waals surface area (Å²) in [5.41, 5.74) is 1.54. The van der Waals surface area contributed by atoms with E-state index in [9.17, 15) is 14.4 Å². The van der Waals surface area contributed by atoms with Gasteiger partial charge in [-0.1, -0.05) is 15.9 Å². The SMILES string of the molecule is Cc1cc(NC(=O)CNC(=O)COc2ccc3ccc(=O)oc3c2)ccc1Br. The van der Waals surface area contributed by atoms with Crippen LogP contribution in [0.2, 0.25) is 0 Å². The van der Waals surface area contributed by atoms with Gasteiger partial charge in [0.2, 0.25) is 5.91 Å². The summed E-state index contributed by atoms with van der Waals surface area (Å²) < 4.78 is 11.4. The van der Waals surface area contributed by atoms with E-state index in [1.54, 1.807) is 24.3 Å². The molecule has 0 aliphatic heterocycles. The van der Waals surface area contributed by atoms with Gasteiger partial charge in [-0.25, -0.2) is 4.79 Å². The molecule has 0 saturated heterocycles. The van der Waals surface area contributed by atoms with Crippen molar-refractivity contribution >= 4 is 44.4 Å². The first-order chi connectivity index (χ1) is 13.4. The van der Waals surface area contributed by atoms with Crippen molar-refractivity contribution in [1.29, 1.82) is 0 Å². The van der Waals surface area contributed by atoms with Crippen LogP contribution < -0.4 is 21.0 Å². The number of hydrogen-bond acceptors (Lipinski definition) is 5. The van der Waals surface area contributed by atoms with Crippen molar-refractivity contribution in [1.82, 2.24) is 5.32 Å². The monoisotopic (exact) mass is 444 g/mol. The van der Waals surface area contributed by atoms with Gasteiger partial charge >= 0.3 is 5.63 Å². The van der Waals surface area contributed by atoms with Gasteiger partial charge in [-0.15, -0.1) is 0 Å². The largest absolute Gasteiger partial charge is 0.484 e. The Morgan fingerprint density at radius 3 is 2.64 bits per heavy atom. The van der Waals surface area contributed by atoms with Crippen LogP contribution in [0.1, 0.15) is 5.56 Å². The van der Waals surface area contributed by atoms with Crippen molar-refractivity contribution < 1.29 is 18.7 Å². The Kier molecular flexibility index (Phi) is 6.10. The molecule has 0 unspecified atom stereocenters. The molecule has 2 amide bonds. The molecule has 0 spiro atoms. The van der Waals surface area contributed by atoms with E-state index in [1.807, 2.05) is 19.1 Å². The number of hydrogen-bond donors (Lipinski definition) is 2. The summed E-state index contributed by atoms with van der Waals surface area (Å²) in [6.45, 7) is 1.47. The van der Waals surface area contributed by atoms with Crippen molar-refractivity contribution in [3.05, 3.63) is 69.0 Å². The lowest BCUT2D eigenvalue weighted by Gasteiger charge is -2.09. The van der Waals surface area contributed by atoms with E-state index in [2.05, 4.69) is 26.6 Å². The maximum Gasteiger partial charge on any atom is 0.336 e. The average Bonchev–Trinajstić information content (AvgIpc) is 2.67. The number of ether oxygens (including phenoxy) is 1. The number of fused-ring (bicyclic) bond motifs is 1. The Hall–Kier alpha value is -3.13. The third kappa shape index (κ3) is 5.20. The Labute approximate surface area is 168 Å². The maximum atomic E-state index is 11.9. The number of amides is 2. The van der Waals surface area contributed by atoms with Gasteiger partial charge in [0.15, 0.2) is 6.61 Å².